The highest BCUT2D eigenvalue weighted by atomic mass is 32.2. The van der Waals surface area contributed by atoms with Crippen molar-refractivity contribution in [3.05, 3.63) is 65.2 Å². The van der Waals surface area contributed by atoms with Gasteiger partial charge in [0.15, 0.2) is 11.6 Å². The molecule has 0 fully saturated rings. The van der Waals surface area contributed by atoms with Gasteiger partial charge in [0, 0.05) is 32.1 Å². The number of rotatable bonds is 14. The van der Waals surface area contributed by atoms with E-state index in [1.165, 1.54) is 6.07 Å². The van der Waals surface area contributed by atoms with Crippen LogP contribution in [0.25, 0.3) is 0 Å². The molecule has 0 aliphatic heterocycles. The zero-order valence-corrected chi connectivity index (χ0v) is 22.8. The lowest BCUT2D eigenvalue weighted by Crippen LogP contribution is -2.49. The molecule has 10 heteroatoms. The number of hydrogen-bond acceptors (Lipinski definition) is 4. The fraction of sp³-hybridized carbons (Fsp3) is 0.481. The van der Waals surface area contributed by atoms with Crippen molar-refractivity contribution in [2.24, 2.45) is 0 Å². The second-order valence-electron chi connectivity index (χ2n) is 9.12. The number of sulfonamides is 1. The third-order valence-electron chi connectivity index (χ3n) is 5.99. The van der Waals surface area contributed by atoms with Gasteiger partial charge in [-0.05, 0) is 43.9 Å². The fourth-order valence-electron chi connectivity index (χ4n) is 4.08. The summed E-state index contributed by atoms with van der Waals surface area (Å²) in [6.07, 6.45) is 3.24. The summed E-state index contributed by atoms with van der Waals surface area (Å²) in [5.74, 6) is -2.76. The predicted molar refractivity (Wildman–Crippen MR) is 142 cm³/mol. The minimum Gasteiger partial charge on any atom is -0.354 e. The summed E-state index contributed by atoms with van der Waals surface area (Å²) >= 11 is 0. The molecule has 0 spiro atoms. The number of aryl methyl sites for hydroxylation is 1. The molecule has 0 saturated heterocycles. The third-order valence-corrected chi connectivity index (χ3v) is 7.19. The Hall–Kier alpha value is -3.01. The zero-order valence-electron chi connectivity index (χ0n) is 22.0. The van der Waals surface area contributed by atoms with Crippen LogP contribution in [0.1, 0.15) is 57.1 Å². The highest BCUT2D eigenvalue weighted by Gasteiger charge is 2.29. The molecule has 0 aromatic heterocycles. The van der Waals surface area contributed by atoms with Crippen LogP contribution in [-0.2, 0) is 26.2 Å². The summed E-state index contributed by atoms with van der Waals surface area (Å²) in [6.45, 7) is 6.47. The van der Waals surface area contributed by atoms with Crippen LogP contribution in [0.2, 0.25) is 0 Å². The Morgan fingerprint density at radius 3 is 2.35 bits per heavy atom. The van der Waals surface area contributed by atoms with Gasteiger partial charge < -0.3 is 10.2 Å². The van der Waals surface area contributed by atoms with Crippen LogP contribution in [0, 0.1) is 18.6 Å². The van der Waals surface area contributed by atoms with Gasteiger partial charge in [-0.1, -0.05) is 50.1 Å². The van der Waals surface area contributed by atoms with Crippen molar-refractivity contribution in [2.45, 2.75) is 65.5 Å². The van der Waals surface area contributed by atoms with Gasteiger partial charge in [0.25, 0.3) is 0 Å². The highest BCUT2D eigenvalue weighted by molar-refractivity contribution is 7.92. The van der Waals surface area contributed by atoms with Crippen LogP contribution in [0.5, 0.6) is 0 Å². The lowest BCUT2D eigenvalue weighted by Gasteiger charge is -2.31. The molecule has 0 saturated carbocycles. The second kappa shape index (κ2) is 14.1. The Kier molecular flexibility index (Phi) is 11.5. The van der Waals surface area contributed by atoms with E-state index < -0.39 is 27.7 Å². The molecule has 0 aliphatic carbocycles. The minimum atomic E-state index is -3.81. The average molecular weight is 538 g/mol. The first-order chi connectivity index (χ1) is 17.5. The molecular formula is C27H37F2N3O4S. The minimum absolute atomic E-state index is 0.0211. The molecule has 7 nitrogen and oxygen atoms in total. The number of unbranched alkanes of at least 4 members (excludes halogenated alkanes) is 1. The normalized spacial score (nSPS) is 12.2. The number of carbonyl (C=O) groups is 2. The van der Waals surface area contributed by atoms with Crippen LogP contribution >= 0.6 is 0 Å². The van der Waals surface area contributed by atoms with Crippen LogP contribution in [-0.4, -0.2) is 50.5 Å². The van der Waals surface area contributed by atoms with Crippen molar-refractivity contribution in [3.8, 4) is 0 Å². The van der Waals surface area contributed by atoms with Crippen molar-refractivity contribution in [1.29, 1.82) is 0 Å². The average Bonchev–Trinajstić information content (AvgIpc) is 2.83. The molecule has 204 valence electrons. The lowest BCUT2D eigenvalue weighted by molar-refractivity contribution is -0.141. The molecule has 37 heavy (non-hydrogen) atoms. The number of nitrogens with one attached hydrogen (secondary N) is 1. The maximum absolute atomic E-state index is 13.7. The molecule has 2 rings (SSSR count). The summed E-state index contributed by atoms with van der Waals surface area (Å²) in [5.41, 5.74) is 1.89. The van der Waals surface area contributed by atoms with Crippen molar-refractivity contribution in [1.82, 2.24) is 10.2 Å². The van der Waals surface area contributed by atoms with E-state index in [9.17, 15) is 26.8 Å². The van der Waals surface area contributed by atoms with Crippen LogP contribution in [0.3, 0.4) is 0 Å². The van der Waals surface area contributed by atoms with Crippen LogP contribution < -0.4 is 9.62 Å². The molecule has 0 heterocycles. The molecule has 1 N–H and O–H groups in total. The number of carbonyl (C=O) groups excluding carboxylic acids is 2. The van der Waals surface area contributed by atoms with E-state index in [2.05, 4.69) is 5.32 Å². The number of hydrogen-bond donors (Lipinski definition) is 1. The van der Waals surface area contributed by atoms with Gasteiger partial charge in [-0.3, -0.25) is 13.9 Å². The van der Waals surface area contributed by atoms with Gasteiger partial charge >= 0.3 is 0 Å². The van der Waals surface area contributed by atoms with E-state index in [0.717, 1.165) is 46.7 Å². The fourth-order valence-corrected chi connectivity index (χ4v) is 5.03. The van der Waals surface area contributed by atoms with Crippen LogP contribution in [0.15, 0.2) is 42.5 Å². The zero-order chi connectivity index (χ0) is 27.6. The Bertz CT molecular complexity index is 1170. The first kappa shape index (κ1) is 30.2. The standard InChI is InChI=1S/C27H37F2N3O4S/c1-5-7-15-30-27(34)25(6-2)31(19-21-11-8-10-20(3)17-21)26(33)12-9-16-32(37(4,35)36)22-13-14-23(28)24(29)18-22/h8,10-11,13-14,17-18,25H,5-7,9,12,15-16,19H2,1-4H3,(H,30,34)/t25-/m1/s1. The molecule has 2 aromatic carbocycles. The molecular weight excluding hydrogens is 500 g/mol. The molecule has 2 aromatic rings. The van der Waals surface area contributed by atoms with E-state index in [0.29, 0.717) is 13.0 Å². The Morgan fingerprint density at radius 2 is 1.76 bits per heavy atom. The number of amides is 2. The van der Waals surface area contributed by atoms with Crippen molar-refractivity contribution in [2.75, 3.05) is 23.7 Å². The topological polar surface area (TPSA) is 86.8 Å². The first-order valence-corrected chi connectivity index (χ1v) is 14.4. The predicted octanol–water partition coefficient (Wildman–Crippen LogP) is 4.54. The lowest BCUT2D eigenvalue weighted by atomic mass is 10.1. The van der Waals surface area contributed by atoms with Gasteiger partial charge in [0.1, 0.15) is 6.04 Å². The van der Waals surface area contributed by atoms with Crippen molar-refractivity contribution < 1.29 is 26.8 Å². The molecule has 0 bridgehead atoms. The summed E-state index contributed by atoms with van der Waals surface area (Å²) in [6, 6.07) is 9.86. The summed E-state index contributed by atoms with van der Waals surface area (Å²) in [5, 5.41) is 2.91. The maximum Gasteiger partial charge on any atom is 0.242 e. The molecule has 2 amide bonds. The quantitative estimate of drug-likeness (QED) is 0.359. The van der Waals surface area contributed by atoms with Crippen molar-refractivity contribution in [3.63, 3.8) is 0 Å². The van der Waals surface area contributed by atoms with Gasteiger partial charge in [-0.25, -0.2) is 17.2 Å². The number of halogens is 2. The summed E-state index contributed by atoms with van der Waals surface area (Å²) < 4.78 is 52.7. The SMILES string of the molecule is CCCCNC(=O)[C@@H](CC)N(Cc1cccc(C)c1)C(=O)CCCN(c1ccc(F)c(F)c1)S(C)(=O)=O. The molecule has 0 radical (unpaired) electrons. The van der Waals surface area contributed by atoms with Gasteiger partial charge in [0.2, 0.25) is 21.8 Å². The van der Waals surface area contributed by atoms with E-state index in [-0.39, 0.29) is 43.4 Å². The second-order valence-corrected chi connectivity index (χ2v) is 11.0. The number of nitrogens with zero attached hydrogens (tertiary/aromatic N) is 2. The number of benzene rings is 2. The van der Waals surface area contributed by atoms with E-state index in [4.69, 9.17) is 0 Å². The summed E-state index contributed by atoms with van der Waals surface area (Å²) in [4.78, 5) is 27.9. The Morgan fingerprint density at radius 1 is 1.03 bits per heavy atom. The molecule has 0 aliphatic rings. The Labute approximate surface area is 218 Å². The van der Waals surface area contributed by atoms with E-state index >= 15 is 0 Å². The largest absolute Gasteiger partial charge is 0.354 e. The van der Waals surface area contributed by atoms with Crippen LogP contribution in [0.4, 0.5) is 14.5 Å². The first-order valence-electron chi connectivity index (χ1n) is 12.5. The van der Waals surface area contributed by atoms with Gasteiger partial charge in [-0.2, -0.15) is 0 Å². The maximum atomic E-state index is 13.7. The van der Waals surface area contributed by atoms with Gasteiger partial charge in [-0.15, -0.1) is 0 Å². The Balaban J connectivity index is 2.21. The van der Waals surface area contributed by atoms with E-state index in [1.54, 1.807) is 4.90 Å². The third kappa shape index (κ3) is 9.10. The highest BCUT2D eigenvalue weighted by Crippen LogP contribution is 2.22. The molecule has 1 atom stereocenters. The number of anilines is 1. The molecule has 0 unspecified atom stereocenters. The van der Waals surface area contributed by atoms with Crippen molar-refractivity contribution >= 4 is 27.5 Å². The smallest absolute Gasteiger partial charge is 0.242 e. The van der Waals surface area contributed by atoms with E-state index in [1.807, 2.05) is 45.0 Å². The monoisotopic (exact) mass is 537 g/mol. The summed E-state index contributed by atoms with van der Waals surface area (Å²) in [7, 11) is -3.81. The van der Waals surface area contributed by atoms with Gasteiger partial charge in [0.05, 0.1) is 11.9 Å².